The first-order valence-electron chi connectivity index (χ1n) is 6.82. The van der Waals surface area contributed by atoms with Gasteiger partial charge in [0.05, 0.1) is 25.2 Å². The first kappa shape index (κ1) is 19.9. The summed E-state index contributed by atoms with van der Waals surface area (Å²) >= 11 is 0. The molecular formula is C13H25NO6S. The van der Waals surface area contributed by atoms with Crippen LogP contribution in [0.25, 0.3) is 0 Å². The Kier molecular flexibility index (Phi) is 7.87. The topological polar surface area (TPSA) is 110 Å². The summed E-state index contributed by atoms with van der Waals surface area (Å²) in [6, 6.07) is -0.699. The number of ether oxygens (including phenoxy) is 1. The first-order valence-corrected chi connectivity index (χ1v) is 8.48. The Hall–Kier alpha value is -1.15. The Morgan fingerprint density at radius 2 is 1.86 bits per heavy atom. The number of hydrogen-bond acceptors (Lipinski definition) is 5. The fourth-order valence-electron chi connectivity index (χ4n) is 1.87. The predicted molar refractivity (Wildman–Crippen MR) is 78.3 cm³/mol. The van der Waals surface area contributed by atoms with E-state index >= 15 is 0 Å². The highest BCUT2D eigenvalue weighted by Gasteiger charge is 2.25. The molecule has 1 atom stereocenters. The van der Waals surface area contributed by atoms with Gasteiger partial charge in [-0.1, -0.05) is 20.8 Å². The molecule has 0 aliphatic rings. The number of carboxylic acids is 1. The van der Waals surface area contributed by atoms with Crippen LogP contribution in [0.5, 0.6) is 0 Å². The van der Waals surface area contributed by atoms with Gasteiger partial charge in [-0.2, -0.15) is 0 Å². The van der Waals surface area contributed by atoms with E-state index in [1.165, 1.54) is 0 Å². The molecule has 0 aromatic heterocycles. The van der Waals surface area contributed by atoms with E-state index in [0.717, 1.165) is 0 Å². The molecule has 0 saturated heterocycles. The van der Waals surface area contributed by atoms with Gasteiger partial charge in [-0.15, -0.1) is 0 Å². The Bertz CT molecular complexity index is 452. The van der Waals surface area contributed by atoms with Gasteiger partial charge in [0.2, 0.25) is 10.0 Å². The number of aliphatic carboxylic acids is 1. The summed E-state index contributed by atoms with van der Waals surface area (Å²) < 4.78 is 30.8. The minimum Gasteiger partial charge on any atom is -0.481 e. The van der Waals surface area contributed by atoms with E-state index in [9.17, 15) is 18.0 Å². The summed E-state index contributed by atoms with van der Waals surface area (Å²) in [6.45, 7) is 7.52. The molecule has 0 aliphatic heterocycles. The van der Waals surface area contributed by atoms with Crippen molar-refractivity contribution >= 4 is 22.0 Å². The van der Waals surface area contributed by atoms with Gasteiger partial charge in [0, 0.05) is 6.04 Å². The normalized spacial score (nSPS) is 13.7. The third-order valence-corrected chi connectivity index (χ3v) is 3.94. The van der Waals surface area contributed by atoms with Gasteiger partial charge in [0.25, 0.3) is 0 Å². The largest absolute Gasteiger partial charge is 0.481 e. The van der Waals surface area contributed by atoms with E-state index in [0.29, 0.717) is 6.42 Å². The Labute approximate surface area is 126 Å². The molecule has 7 nitrogen and oxygen atoms in total. The summed E-state index contributed by atoms with van der Waals surface area (Å²) in [5.41, 5.74) is -0.218. The van der Waals surface area contributed by atoms with Gasteiger partial charge >= 0.3 is 11.9 Å². The van der Waals surface area contributed by atoms with E-state index in [4.69, 9.17) is 5.11 Å². The van der Waals surface area contributed by atoms with Crippen LogP contribution in [0.2, 0.25) is 0 Å². The van der Waals surface area contributed by atoms with Crippen LogP contribution in [0, 0.1) is 5.41 Å². The number of nitrogens with one attached hydrogen (secondary N) is 1. The van der Waals surface area contributed by atoms with Crippen molar-refractivity contribution in [1.82, 2.24) is 4.72 Å². The molecule has 0 amide bonds. The summed E-state index contributed by atoms with van der Waals surface area (Å²) in [5, 5.41) is 8.86. The van der Waals surface area contributed by atoms with Crippen LogP contribution in [0.4, 0.5) is 0 Å². The lowest BCUT2D eigenvalue weighted by molar-refractivity contribution is -0.142. The second-order valence-electron chi connectivity index (χ2n) is 6.05. The molecular weight excluding hydrogens is 298 g/mol. The molecule has 0 bridgehead atoms. The van der Waals surface area contributed by atoms with Crippen molar-refractivity contribution in [1.29, 1.82) is 0 Å². The maximum absolute atomic E-state index is 11.9. The third kappa shape index (κ3) is 11.2. The average Bonchev–Trinajstić information content (AvgIpc) is 2.22. The van der Waals surface area contributed by atoms with Gasteiger partial charge in [-0.3, -0.25) is 9.59 Å². The van der Waals surface area contributed by atoms with Crippen molar-refractivity contribution < 1.29 is 27.9 Å². The smallest absolute Gasteiger partial charge is 0.306 e. The highest BCUT2D eigenvalue weighted by Crippen LogP contribution is 2.22. The van der Waals surface area contributed by atoms with Gasteiger partial charge in [0.15, 0.2) is 0 Å². The number of rotatable bonds is 9. The van der Waals surface area contributed by atoms with Crippen molar-refractivity contribution in [3.05, 3.63) is 0 Å². The SMILES string of the molecule is CCOC(=O)CCS(=O)(=O)NC(CC(=O)O)CC(C)(C)C. The Balaban J connectivity index is 4.65. The lowest BCUT2D eigenvalue weighted by Gasteiger charge is -2.25. The Morgan fingerprint density at radius 1 is 1.29 bits per heavy atom. The van der Waals surface area contributed by atoms with Crippen LogP contribution in [-0.4, -0.2) is 43.9 Å². The molecule has 8 heteroatoms. The molecule has 0 radical (unpaired) electrons. The summed E-state index contributed by atoms with van der Waals surface area (Å²) in [6.07, 6.45) is -0.160. The molecule has 0 saturated carbocycles. The van der Waals surface area contributed by atoms with Crippen LogP contribution >= 0.6 is 0 Å². The van der Waals surface area contributed by atoms with Crippen LogP contribution < -0.4 is 4.72 Å². The molecule has 0 aromatic rings. The van der Waals surface area contributed by atoms with E-state index < -0.39 is 33.8 Å². The number of esters is 1. The first-order chi connectivity index (χ1) is 9.45. The van der Waals surface area contributed by atoms with Crippen LogP contribution in [0.15, 0.2) is 0 Å². The van der Waals surface area contributed by atoms with Crippen molar-refractivity contribution in [3.63, 3.8) is 0 Å². The van der Waals surface area contributed by atoms with Gasteiger partial charge in [-0.25, -0.2) is 13.1 Å². The van der Waals surface area contributed by atoms with Crippen molar-refractivity contribution in [2.75, 3.05) is 12.4 Å². The predicted octanol–water partition coefficient (Wildman–Crippen LogP) is 1.14. The molecule has 0 spiro atoms. The fraction of sp³-hybridized carbons (Fsp3) is 0.846. The molecule has 0 aliphatic carbocycles. The highest BCUT2D eigenvalue weighted by atomic mass is 32.2. The maximum atomic E-state index is 11.9. The van der Waals surface area contributed by atoms with Gasteiger partial charge < -0.3 is 9.84 Å². The quantitative estimate of drug-likeness (QED) is 0.616. The molecule has 21 heavy (non-hydrogen) atoms. The molecule has 1 unspecified atom stereocenters. The van der Waals surface area contributed by atoms with E-state index in [1.807, 2.05) is 20.8 Å². The van der Waals surface area contributed by atoms with E-state index in [1.54, 1.807) is 6.92 Å². The minimum absolute atomic E-state index is 0.192. The Morgan fingerprint density at radius 3 is 2.29 bits per heavy atom. The maximum Gasteiger partial charge on any atom is 0.306 e. The number of carboxylic acid groups (broad SMARTS) is 1. The summed E-state index contributed by atoms with van der Waals surface area (Å²) in [4.78, 5) is 22.0. The molecule has 0 heterocycles. The van der Waals surface area contributed by atoms with Gasteiger partial charge in [-0.05, 0) is 18.8 Å². The van der Waals surface area contributed by atoms with Crippen molar-refractivity contribution in [3.8, 4) is 0 Å². The zero-order valence-electron chi connectivity index (χ0n) is 13.0. The van der Waals surface area contributed by atoms with Gasteiger partial charge in [0.1, 0.15) is 0 Å². The second-order valence-corrected chi connectivity index (χ2v) is 7.92. The van der Waals surface area contributed by atoms with E-state index in [-0.39, 0.29) is 24.9 Å². The van der Waals surface area contributed by atoms with Crippen LogP contribution in [0.1, 0.15) is 47.0 Å². The van der Waals surface area contributed by atoms with Crippen LogP contribution in [0.3, 0.4) is 0 Å². The molecule has 0 fully saturated rings. The van der Waals surface area contributed by atoms with Crippen LogP contribution in [-0.2, 0) is 24.3 Å². The molecule has 0 aromatic carbocycles. The van der Waals surface area contributed by atoms with E-state index in [2.05, 4.69) is 9.46 Å². The number of hydrogen-bond donors (Lipinski definition) is 2. The molecule has 0 rings (SSSR count). The second kappa shape index (κ2) is 8.33. The zero-order chi connectivity index (χ0) is 16.7. The minimum atomic E-state index is -3.73. The monoisotopic (exact) mass is 323 g/mol. The third-order valence-electron chi connectivity index (χ3n) is 2.51. The molecule has 124 valence electrons. The fourth-order valence-corrected chi connectivity index (χ4v) is 3.10. The summed E-state index contributed by atoms with van der Waals surface area (Å²) in [7, 11) is -3.73. The molecule has 2 N–H and O–H groups in total. The standard InChI is InChI=1S/C13H25NO6S/c1-5-20-12(17)6-7-21(18,19)14-10(8-11(15)16)9-13(2,3)4/h10,14H,5-9H2,1-4H3,(H,15,16). The zero-order valence-corrected chi connectivity index (χ0v) is 13.8. The average molecular weight is 323 g/mol. The summed E-state index contributed by atoms with van der Waals surface area (Å²) in [5.74, 6) is -2.07. The lowest BCUT2D eigenvalue weighted by atomic mass is 9.87. The number of sulfonamides is 1. The lowest BCUT2D eigenvalue weighted by Crippen LogP contribution is -2.40. The van der Waals surface area contributed by atoms with Crippen molar-refractivity contribution in [2.45, 2.75) is 53.0 Å². The highest BCUT2D eigenvalue weighted by molar-refractivity contribution is 7.89. The number of carbonyl (C=O) groups excluding carboxylic acids is 1. The number of carbonyl (C=O) groups is 2. The van der Waals surface area contributed by atoms with Crippen molar-refractivity contribution in [2.24, 2.45) is 5.41 Å².